The van der Waals surface area contributed by atoms with Crippen LogP contribution in [0.5, 0.6) is 0 Å². The van der Waals surface area contributed by atoms with Crippen LogP contribution >= 0.6 is 11.6 Å². The van der Waals surface area contributed by atoms with E-state index in [-0.39, 0.29) is 0 Å². The molecule has 0 aromatic rings. The number of carbonyl (C=O) groups is 2. The lowest BCUT2D eigenvalue weighted by Crippen LogP contribution is -2.22. The number of carboxylic acid groups (broad SMARTS) is 1. The highest BCUT2D eigenvalue weighted by Gasteiger charge is 2.13. The Labute approximate surface area is 68.4 Å². The van der Waals surface area contributed by atoms with E-state index in [0.29, 0.717) is 0 Å². The van der Waals surface area contributed by atoms with E-state index < -0.39 is 18.0 Å². The van der Waals surface area contributed by atoms with Crippen LogP contribution in [0.25, 0.3) is 0 Å². The first-order valence-corrected chi connectivity index (χ1v) is 3.21. The summed E-state index contributed by atoms with van der Waals surface area (Å²) in [5.41, 5.74) is 0.955. The maximum Gasteiger partial charge on any atom is 0.344 e. The second-order valence-electron chi connectivity index (χ2n) is 1.71. The van der Waals surface area contributed by atoms with E-state index in [2.05, 4.69) is 4.74 Å². The van der Waals surface area contributed by atoms with Gasteiger partial charge in [-0.25, -0.2) is 9.59 Å². The van der Waals surface area contributed by atoms with Gasteiger partial charge in [0.25, 0.3) is 0 Å². The molecule has 0 saturated carbocycles. The number of rotatable bonds is 3. The normalized spacial score (nSPS) is 12.9. The van der Waals surface area contributed by atoms with Crippen molar-refractivity contribution in [2.24, 2.45) is 0 Å². The lowest BCUT2D eigenvalue weighted by Gasteiger charge is -2.04. The summed E-state index contributed by atoms with van der Waals surface area (Å²) in [4.78, 5) is 20.6. The van der Waals surface area contributed by atoms with Crippen LogP contribution in [0.3, 0.4) is 0 Å². The summed E-state index contributed by atoms with van der Waals surface area (Å²) in [6, 6.07) is 0. The molecule has 62 valence electrons. The number of halogens is 1. The molecule has 0 amide bonds. The third kappa shape index (κ3) is 4.38. The van der Waals surface area contributed by atoms with Crippen molar-refractivity contribution in [3.63, 3.8) is 0 Å². The van der Waals surface area contributed by atoms with Crippen molar-refractivity contribution >= 4 is 23.5 Å². The van der Waals surface area contributed by atoms with Crippen LogP contribution in [0.15, 0.2) is 11.6 Å². The lowest BCUT2D eigenvalue weighted by atomic mass is 10.4. The fourth-order valence-corrected chi connectivity index (χ4v) is 0.418. The van der Waals surface area contributed by atoms with Gasteiger partial charge in [0.05, 0.1) is 0 Å². The van der Waals surface area contributed by atoms with Crippen LogP contribution in [0, 0.1) is 0 Å². The Morgan fingerprint density at radius 1 is 1.64 bits per heavy atom. The van der Waals surface area contributed by atoms with Crippen molar-refractivity contribution < 1.29 is 19.4 Å². The Morgan fingerprint density at radius 2 is 2.18 bits per heavy atom. The molecular weight excluding hydrogens is 172 g/mol. The molecule has 1 unspecified atom stereocenters. The smallest absolute Gasteiger partial charge is 0.344 e. The second-order valence-corrected chi connectivity index (χ2v) is 1.96. The summed E-state index contributed by atoms with van der Waals surface area (Å²) < 4.78 is 4.34. The summed E-state index contributed by atoms with van der Waals surface area (Å²) in [6.45, 7) is 1.25. The zero-order chi connectivity index (χ0) is 8.85. The first-order valence-electron chi connectivity index (χ1n) is 2.78. The molecule has 0 aromatic heterocycles. The van der Waals surface area contributed by atoms with E-state index in [4.69, 9.17) is 16.7 Å². The minimum atomic E-state index is -1.19. The van der Waals surface area contributed by atoms with Gasteiger partial charge >= 0.3 is 11.9 Å². The number of hydrogen-bond acceptors (Lipinski definition) is 3. The summed E-state index contributed by atoms with van der Waals surface area (Å²) in [7, 11) is 0. The van der Waals surface area contributed by atoms with Gasteiger partial charge in [-0.1, -0.05) is 11.6 Å². The van der Waals surface area contributed by atoms with Crippen LogP contribution < -0.4 is 0 Å². The van der Waals surface area contributed by atoms with Crippen LogP contribution in [0.2, 0.25) is 0 Å². The Balaban J connectivity index is 3.85. The molecule has 0 rings (SSSR count). The molecule has 0 bridgehead atoms. The Hall–Kier alpha value is -1.03. The molecule has 0 aliphatic carbocycles. The molecule has 0 saturated heterocycles. The molecule has 0 fully saturated rings. The van der Waals surface area contributed by atoms with Gasteiger partial charge in [0.1, 0.15) is 0 Å². The molecule has 0 spiro atoms. The summed E-state index contributed by atoms with van der Waals surface area (Å²) in [5, 5.41) is 8.26. The van der Waals surface area contributed by atoms with E-state index >= 15 is 0 Å². The third-order valence-electron chi connectivity index (χ3n) is 0.840. The molecule has 1 atom stereocenters. The van der Waals surface area contributed by atoms with Gasteiger partial charge in [0, 0.05) is 11.6 Å². The SMILES string of the molecule is CC(OC(=O)C=CCl)C(=O)O. The largest absolute Gasteiger partial charge is 0.479 e. The van der Waals surface area contributed by atoms with E-state index in [0.717, 1.165) is 11.6 Å². The van der Waals surface area contributed by atoms with Crippen molar-refractivity contribution in [3.05, 3.63) is 11.6 Å². The van der Waals surface area contributed by atoms with E-state index in [9.17, 15) is 9.59 Å². The lowest BCUT2D eigenvalue weighted by molar-refractivity contribution is -0.159. The van der Waals surface area contributed by atoms with Crippen molar-refractivity contribution in [1.29, 1.82) is 0 Å². The molecule has 0 heterocycles. The molecule has 11 heavy (non-hydrogen) atoms. The van der Waals surface area contributed by atoms with Crippen molar-refractivity contribution in [1.82, 2.24) is 0 Å². The molecule has 5 heteroatoms. The Bertz CT molecular complexity index is 187. The van der Waals surface area contributed by atoms with E-state index in [1.165, 1.54) is 6.92 Å². The highest BCUT2D eigenvalue weighted by Crippen LogP contribution is 1.93. The summed E-state index contributed by atoms with van der Waals surface area (Å²) in [6.07, 6.45) is -0.212. The first-order chi connectivity index (χ1) is 5.07. The number of aliphatic carboxylic acids is 1. The number of ether oxygens (including phenoxy) is 1. The average molecular weight is 179 g/mol. The number of carboxylic acids is 1. The maximum absolute atomic E-state index is 10.5. The van der Waals surface area contributed by atoms with Gasteiger partial charge < -0.3 is 9.84 Å². The molecule has 0 aromatic carbocycles. The molecule has 1 N–H and O–H groups in total. The zero-order valence-corrected chi connectivity index (χ0v) is 6.54. The number of hydrogen-bond donors (Lipinski definition) is 1. The summed E-state index contributed by atoms with van der Waals surface area (Å²) in [5.74, 6) is -1.96. The molecule has 0 radical (unpaired) electrons. The van der Waals surface area contributed by atoms with Crippen LogP contribution in [0.4, 0.5) is 0 Å². The first kappa shape index (κ1) is 9.97. The van der Waals surface area contributed by atoms with Crippen molar-refractivity contribution in [2.45, 2.75) is 13.0 Å². The van der Waals surface area contributed by atoms with Crippen LogP contribution in [-0.2, 0) is 14.3 Å². The average Bonchev–Trinajstić information content (AvgIpc) is 1.87. The monoisotopic (exact) mass is 178 g/mol. The predicted molar refractivity (Wildman–Crippen MR) is 38.2 cm³/mol. The van der Waals surface area contributed by atoms with Crippen molar-refractivity contribution in [2.75, 3.05) is 0 Å². The third-order valence-corrected chi connectivity index (χ3v) is 0.966. The fraction of sp³-hybridized carbons (Fsp3) is 0.333. The maximum atomic E-state index is 10.5. The van der Waals surface area contributed by atoms with E-state index in [1.807, 2.05) is 0 Å². The minimum absolute atomic E-state index is 0.769. The topological polar surface area (TPSA) is 63.6 Å². The standard InChI is InChI=1S/C6H7ClO4/c1-4(6(9)10)11-5(8)2-3-7/h2-4H,1H3,(H,9,10). The van der Waals surface area contributed by atoms with Gasteiger partial charge in [-0.15, -0.1) is 0 Å². The van der Waals surface area contributed by atoms with Gasteiger partial charge in [-0.05, 0) is 6.92 Å². The highest BCUT2D eigenvalue weighted by atomic mass is 35.5. The van der Waals surface area contributed by atoms with E-state index in [1.54, 1.807) is 0 Å². The number of esters is 1. The Kier molecular flexibility index (Phi) is 4.29. The predicted octanol–water partition coefficient (Wildman–Crippen LogP) is 0.755. The molecule has 4 nitrogen and oxygen atoms in total. The second kappa shape index (κ2) is 4.73. The van der Waals surface area contributed by atoms with Crippen LogP contribution in [0.1, 0.15) is 6.92 Å². The van der Waals surface area contributed by atoms with Gasteiger partial charge in [-0.2, -0.15) is 0 Å². The quantitative estimate of drug-likeness (QED) is 0.512. The van der Waals surface area contributed by atoms with Gasteiger partial charge in [-0.3, -0.25) is 0 Å². The Morgan fingerprint density at radius 3 is 2.55 bits per heavy atom. The highest BCUT2D eigenvalue weighted by molar-refractivity contribution is 6.26. The molecular formula is C6H7ClO4. The molecule has 0 aliphatic heterocycles. The van der Waals surface area contributed by atoms with Gasteiger partial charge in [0.15, 0.2) is 6.10 Å². The minimum Gasteiger partial charge on any atom is -0.479 e. The fourth-order valence-electron chi connectivity index (χ4n) is 0.315. The summed E-state index contributed by atoms with van der Waals surface area (Å²) >= 11 is 5.03. The van der Waals surface area contributed by atoms with Crippen LogP contribution in [-0.4, -0.2) is 23.1 Å². The van der Waals surface area contributed by atoms with Gasteiger partial charge in [0.2, 0.25) is 0 Å². The number of carbonyl (C=O) groups excluding carboxylic acids is 1. The molecule has 0 aliphatic rings. The zero-order valence-electron chi connectivity index (χ0n) is 5.78. The van der Waals surface area contributed by atoms with Crippen molar-refractivity contribution in [3.8, 4) is 0 Å².